The fourth-order valence-corrected chi connectivity index (χ4v) is 3.49. The van der Waals surface area contributed by atoms with Crippen LogP contribution in [0.15, 0.2) is 66.7 Å². The van der Waals surface area contributed by atoms with E-state index in [2.05, 4.69) is 54.9 Å². The van der Waals surface area contributed by atoms with Crippen molar-refractivity contribution in [2.24, 2.45) is 7.05 Å². The number of hydrogen-bond acceptors (Lipinski definition) is 0. The van der Waals surface area contributed by atoms with Gasteiger partial charge in [-0.1, -0.05) is 11.6 Å². The van der Waals surface area contributed by atoms with Gasteiger partial charge in [0.25, 0.3) is 0 Å². The summed E-state index contributed by atoms with van der Waals surface area (Å²) in [5.41, 5.74) is 8.19. The van der Waals surface area contributed by atoms with E-state index in [1.165, 1.54) is 38.9 Å². The van der Waals surface area contributed by atoms with Gasteiger partial charge in [0, 0.05) is 18.0 Å². The van der Waals surface area contributed by atoms with Gasteiger partial charge in [-0.25, -0.2) is 12.1 Å². The second kappa shape index (κ2) is 6.99. The topological polar surface area (TPSA) is 4.93 Å². The number of hydrogen-bond donors (Lipinski definition) is 0. The number of fused-ring (bicyclic) bond motifs is 5. The summed E-state index contributed by atoms with van der Waals surface area (Å²) in [7, 11) is 2.17. The first-order chi connectivity index (χ1) is 11.3. The van der Waals surface area contributed by atoms with Gasteiger partial charge in [0.15, 0.2) is 0 Å². The molecule has 2 heteroatoms. The van der Waals surface area contributed by atoms with E-state index in [1.807, 2.05) is 36.4 Å². The Bertz CT molecular complexity index is 944. The maximum absolute atomic E-state index is 3.38. The minimum atomic E-state index is 0. The van der Waals surface area contributed by atoms with E-state index in [1.54, 1.807) is 0 Å². The standard InChI is InChI=1S/C17H14N.C5H5.Zr/c1-11-7-8-16-14(9-11)15-10-12-5-3-4-6-13(12)17(15)18(16)2;1-2-4-5-3-1;/h3-4,6-9H,10H2,1-2H3;1-5H;/q2*-1;+2. The summed E-state index contributed by atoms with van der Waals surface area (Å²) >= 11 is 0. The van der Waals surface area contributed by atoms with Crippen molar-refractivity contribution in [3.05, 3.63) is 89.5 Å². The molecule has 3 aromatic carbocycles. The van der Waals surface area contributed by atoms with Crippen molar-refractivity contribution in [2.45, 2.75) is 13.3 Å². The summed E-state index contributed by atoms with van der Waals surface area (Å²) in [6.07, 6.45) is 1.02. The van der Waals surface area contributed by atoms with Gasteiger partial charge in [-0.2, -0.15) is 42.5 Å². The predicted molar refractivity (Wildman–Crippen MR) is 96.8 cm³/mol. The van der Waals surface area contributed by atoms with Crippen molar-refractivity contribution in [1.29, 1.82) is 0 Å². The first-order valence-electron chi connectivity index (χ1n) is 8.00. The average molecular weight is 389 g/mol. The third-order valence-corrected chi connectivity index (χ3v) is 4.57. The van der Waals surface area contributed by atoms with Gasteiger partial charge in [-0.3, -0.25) is 0 Å². The normalized spacial score (nSPS) is 11.2. The molecule has 24 heavy (non-hydrogen) atoms. The Morgan fingerprint density at radius 2 is 1.88 bits per heavy atom. The minimum Gasteiger partial charge on any atom is -0.354 e. The van der Waals surface area contributed by atoms with Gasteiger partial charge in [-0.15, -0.1) is 11.1 Å². The van der Waals surface area contributed by atoms with Gasteiger partial charge in [0.05, 0.1) is 0 Å². The predicted octanol–water partition coefficient (Wildman–Crippen LogP) is 5.26. The fraction of sp³-hybridized carbons (Fsp3) is 0.136. The van der Waals surface area contributed by atoms with Crippen LogP contribution >= 0.6 is 0 Å². The van der Waals surface area contributed by atoms with Gasteiger partial charge in [-0.05, 0) is 36.7 Å². The Kier molecular flexibility index (Phi) is 4.97. The van der Waals surface area contributed by atoms with Gasteiger partial charge < -0.3 is 4.57 Å². The molecule has 0 atom stereocenters. The third kappa shape index (κ3) is 2.84. The molecule has 0 N–H and O–H groups in total. The largest absolute Gasteiger partial charge is 2.00 e. The van der Waals surface area contributed by atoms with Crippen LogP contribution in [0.1, 0.15) is 16.7 Å². The molecule has 1 heterocycles. The maximum Gasteiger partial charge on any atom is 2.00 e. The first-order valence-corrected chi connectivity index (χ1v) is 8.00. The molecule has 0 fully saturated rings. The van der Waals surface area contributed by atoms with Crippen LogP contribution in [0.2, 0.25) is 0 Å². The van der Waals surface area contributed by atoms with E-state index in [0.29, 0.717) is 0 Å². The summed E-state index contributed by atoms with van der Waals surface area (Å²) in [6, 6.07) is 26.4. The number of nitrogens with zero attached hydrogens (tertiary/aromatic N) is 1. The zero-order valence-electron chi connectivity index (χ0n) is 14.0. The molecular weight excluding hydrogens is 369 g/mol. The van der Waals surface area contributed by atoms with Crippen LogP contribution in [0.3, 0.4) is 0 Å². The average Bonchev–Trinajstić information content (AvgIpc) is 3.28. The molecule has 0 radical (unpaired) electrons. The third-order valence-electron chi connectivity index (χ3n) is 4.57. The summed E-state index contributed by atoms with van der Waals surface area (Å²) in [6.45, 7) is 2.16. The summed E-state index contributed by atoms with van der Waals surface area (Å²) in [5, 5.41) is 1.40. The molecule has 0 saturated heterocycles. The van der Waals surface area contributed by atoms with Crippen molar-refractivity contribution in [1.82, 2.24) is 4.57 Å². The molecule has 0 spiro atoms. The van der Waals surface area contributed by atoms with E-state index in [4.69, 9.17) is 0 Å². The summed E-state index contributed by atoms with van der Waals surface area (Å²) in [4.78, 5) is 0. The van der Waals surface area contributed by atoms with Crippen molar-refractivity contribution < 1.29 is 26.2 Å². The second-order valence-corrected chi connectivity index (χ2v) is 6.11. The van der Waals surface area contributed by atoms with Crippen LogP contribution in [-0.2, 0) is 39.7 Å². The quantitative estimate of drug-likeness (QED) is 0.319. The van der Waals surface area contributed by atoms with Crippen molar-refractivity contribution in [2.75, 3.05) is 0 Å². The molecule has 1 nitrogen and oxygen atoms in total. The fourth-order valence-electron chi connectivity index (χ4n) is 3.49. The smallest absolute Gasteiger partial charge is 0.354 e. The van der Waals surface area contributed by atoms with E-state index < -0.39 is 0 Å². The van der Waals surface area contributed by atoms with E-state index in [9.17, 15) is 0 Å². The monoisotopic (exact) mass is 387 g/mol. The maximum atomic E-state index is 3.38. The van der Waals surface area contributed by atoms with Crippen LogP contribution in [-0.4, -0.2) is 4.57 Å². The van der Waals surface area contributed by atoms with Crippen LogP contribution in [0.4, 0.5) is 0 Å². The van der Waals surface area contributed by atoms with Crippen molar-refractivity contribution in [3.63, 3.8) is 0 Å². The van der Waals surface area contributed by atoms with Crippen LogP contribution in [0.25, 0.3) is 22.2 Å². The number of aryl methyl sites for hydroxylation is 2. The molecule has 0 aliphatic heterocycles. The molecule has 0 saturated carbocycles. The molecule has 1 aromatic heterocycles. The zero-order valence-corrected chi connectivity index (χ0v) is 16.5. The Balaban J connectivity index is 0.000000245. The molecule has 0 bridgehead atoms. The molecule has 5 rings (SSSR count). The molecular formula is C22H19NZr. The first kappa shape index (κ1) is 17.0. The Morgan fingerprint density at radius 1 is 1.08 bits per heavy atom. The molecule has 1 aliphatic rings. The SMILES string of the molecule is Cc1ccc2c(c1)c1c(n2C)-c2ccc[c-]c2C1.[Zr+2].c1cc[cH-]c1. The Labute approximate surface area is 162 Å². The van der Waals surface area contributed by atoms with Crippen LogP contribution in [0.5, 0.6) is 0 Å². The zero-order chi connectivity index (χ0) is 15.8. The van der Waals surface area contributed by atoms with Gasteiger partial charge in [0.1, 0.15) is 0 Å². The molecule has 4 aromatic rings. The molecule has 0 amide bonds. The van der Waals surface area contributed by atoms with Gasteiger partial charge >= 0.3 is 26.2 Å². The number of rotatable bonds is 0. The summed E-state index contributed by atoms with van der Waals surface area (Å²) < 4.78 is 2.32. The Hall–Kier alpha value is -1.79. The van der Waals surface area contributed by atoms with Crippen LogP contribution in [0, 0.1) is 13.0 Å². The summed E-state index contributed by atoms with van der Waals surface area (Å²) in [5.74, 6) is 0. The van der Waals surface area contributed by atoms with E-state index in [-0.39, 0.29) is 26.2 Å². The molecule has 1 aliphatic carbocycles. The van der Waals surface area contributed by atoms with Crippen molar-refractivity contribution in [3.8, 4) is 11.3 Å². The van der Waals surface area contributed by atoms with Crippen molar-refractivity contribution >= 4 is 10.9 Å². The minimum absolute atomic E-state index is 0. The Morgan fingerprint density at radius 3 is 2.58 bits per heavy atom. The number of aromatic nitrogens is 1. The molecule has 0 unspecified atom stereocenters. The van der Waals surface area contributed by atoms with E-state index >= 15 is 0 Å². The molecule has 116 valence electrons. The second-order valence-electron chi connectivity index (χ2n) is 6.11. The van der Waals surface area contributed by atoms with Gasteiger partial charge in [0.2, 0.25) is 0 Å². The number of benzene rings is 2. The van der Waals surface area contributed by atoms with E-state index in [0.717, 1.165) is 6.42 Å². The van der Waals surface area contributed by atoms with Crippen LogP contribution < -0.4 is 0 Å².